The summed E-state index contributed by atoms with van der Waals surface area (Å²) in [6.45, 7) is 0.249. The molecule has 0 fully saturated rings. The van der Waals surface area contributed by atoms with Gasteiger partial charge in [0.1, 0.15) is 4.91 Å². The van der Waals surface area contributed by atoms with E-state index in [1.54, 1.807) is 0 Å². The molecule has 0 spiro atoms. The molecule has 0 aromatic heterocycles. The molecular formula is C5H8N2O4S2. The van der Waals surface area contributed by atoms with E-state index >= 15 is 0 Å². The summed E-state index contributed by atoms with van der Waals surface area (Å²) in [5.74, 6) is -1.05. The molecule has 0 saturated heterocycles. The van der Waals surface area contributed by atoms with Gasteiger partial charge in [-0.05, 0) is 18.0 Å². The second kappa shape index (κ2) is 3.66. The third-order valence-electron chi connectivity index (χ3n) is 1.13. The Morgan fingerprint density at radius 3 is 2.77 bits per heavy atom. The smallest absolute Gasteiger partial charge is 0.343 e. The number of hydrazine groups is 1. The Kier molecular flexibility index (Phi) is 2.96. The quantitative estimate of drug-likeness (QED) is 0.621. The zero-order valence-electron chi connectivity index (χ0n) is 6.72. The molecule has 13 heavy (non-hydrogen) atoms. The number of nitrogens with one attached hydrogen (secondary N) is 1. The predicted molar refractivity (Wildman–Crippen MR) is 48.0 cm³/mol. The van der Waals surface area contributed by atoms with E-state index in [2.05, 4.69) is 4.83 Å². The van der Waals surface area contributed by atoms with E-state index in [4.69, 9.17) is 5.11 Å². The van der Waals surface area contributed by atoms with E-state index in [1.165, 1.54) is 10.5 Å². The van der Waals surface area contributed by atoms with Crippen LogP contribution >= 0.6 is 11.9 Å². The summed E-state index contributed by atoms with van der Waals surface area (Å²) in [5.41, 5.74) is 0. The topological polar surface area (TPSA) is 86.7 Å². The first-order valence-corrected chi connectivity index (χ1v) is 5.91. The molecule has 1 aliphatic rings. The molecule has 0 radical (unpaired) electrons. The Morgan fingerprint density at radius 1 is 1.77 bits per heavy atom. The monoisotopic (exact) mass is 224 g/mol. The lowest BCUT2D eigenvalue weighted by Crippen LogP contribution is -2.35. The van der Waals surface area contributed by atoms with Crippen LogP contribution in [0.25, 0.3) is 0 Å². The maximum absolute atomic E-state index is 10.7. The highest BCUT2D eigenvalue weighted by molar-refractivity contribution is 8.02. The Morgan fingerprint density at radius 2 is 2.38 bits per heavy atom. The number of sulfonamides is 1. The second-order valence-corrected chi connectivity index (χ2v) is 5.18. The minimum Gasteiger partial charge on any atom is -0.477 e. The highest BCUT2D eigenvalue weighted by Crippen LogP contribution is 2.25. The molecule has 1 aliphatic heterocycles. The Bertz CT molecular complexity index is 348. The van der Waals surface area contributed by atoms with Gasteiger partial charge in [-0.3, -0.25) is 0 Å². The summed E-state index contributed by atoms with van der Waals surface area (Å²) in [7, 11) is -3.33. The van der Waals surface area contributed by atoms with Crippen molar-refractivity contribution >= 4 is 27.9 Å². The number of nitrogens with zero attached hydrogens (tertiary/aromatic N) is 1. The van der Waals surface area contributed by atoms with Crippen LogP contribution < -0.4 is 4.83 Å². The third kappa shape index (κ3) is 3.35. The van der Waals surface area contributed by atoms with Gasteiger partial charge in [-0.15, -0.1) is 4.83 Å². The molecule has 0 aliphatic carbocycles. The van der Waals surface area contributed by atoms with E-state index in [0.29, 0.717) is 0 Å². The van der Waals surface area contributed by atoms with Crippen LogP contribution in [-0.2, 0) is 14.8 Å². The maximum atomic E-state index is 10.7. The van der Waals surface area contributed by atoms with Crippen LogP contribution in [0.1, 0.15) is 0 Å². The van der Waals surface area contributed by atoms with Gasteiger partial charge in [0.2, 0.25) is 10.0 Å². The van der Waals surface area contributed by atoms with Crippen LogP contribution in [0.3, 0.4) is 0 Å². The number of carboxylic acids is 1. The zero-order valence-corrected chi connectivity index (χ0v) is 8.35. The zero-order chi connectivity index (χ0) is 10.1. The number of hydrogen-bond donors (Lipinski definition) is 2. The normalized spacial score (nSPS) is 18.7. The van der Waals surface area contributed by atoms with Crippen molar-refractivity contribution in [2.45, 2.75) is 0 Å². The predicted octanol–water partition coefficient (Wildman–Crippen LogP) is -0.617. The minimum atomic E-state index is -3.33. The van der Waals surface area contributed by atoms with Gasteiger partial charge in [0.25, 0.3) is 0 Å². The lowest BCUT2D eigenvalue weighted by Gasteiger charge is -2.12. The largest absolute Gasteiger partial charge is 0.477 e. The first-order chi connectivity index (χ1) is 5.88. The van der Waals surface area contributed by atoms with Gasteiger partial charge in [-0.25, -0.2) is 13.2 Å². The lowest BCUT2D eigenvalue weighted by atomic mass is 10.5. The van der Waals surface area contributed by atoms with Crippen molar-refractivity contribution in [3.63, 3.8) is 0 Å². The second-order valence-electron chi connectivity index (χ2n) is 2.39. The van der Waals surface area contributed by atoms with E-state index in [1.807, 2.05) is 0 Å². The van der Waals surface area contributed by atoms with Gasteiger partial charge in [-0.2, -0.15) is 4.41 Å². The van der Waals surface area contributed by atoms with Gasteiger partial charge in [-0.1, -0.05) is 0 Å². The standard InChI is InChI=1S/C5H8N2O4S2/c1-13(10,11)6-7-3-2-4(12-7)5(8)9/h2,6H,3H2,1H3,(H,8,9). The maximum Gasteiger partial charge on any atom is 0.343 e. The van der Waals surface area contributed by atoms with Gasteiger partial charge in [0, 0.05) is 6.54 Å². The highest BCUT2D eigenvalue weighted by Gasteiger charge is 2.22. The minimum absolute atomic E-state index is 0.121. The summed E-state index contributed by atoms with van der Waals surface area (Å²) >= 11 is 0.850. The Labute approximate surface area is 79.8 Å². The molecule has 1 heterocycles. The first kappa shape index (κ1) is 10.5. The van der Waals surface area contributed by atoms with Crippen molar-refractivity contribution in [1.29, 1.82) is 0 Å². The van der Waals surface area contributed by atoms with Crippen molar-refractivity contribution in [2.75, 3.05) is 12.8 Å². The summed E-state index contributed by atoms with van der Waals surface area (Å²) in [6, 6.07) is 0. The molecule has 0 aromatic carbocycles. The fourth-order valence-corrected chi connectivity index (χ4v) is 2.34. The van der Waals surface area contributed by atoms with Crippen LogP contribution in [0.4, 0.5) is 0 Å². The molecule has 0 saturated carbocycles. The van der Waals surface area contributed by atoms with E-state index < -0.39 is 16.0 Å². The lowest BCUT2D eigenvalue weighted by molar-refractivity contribution is -0.131. The fraction of sp³-hybridized carbons (Fsp3) is 0.400. The van der Waals surface area contributed by atoms with Gasteiger partial charge >= 0.3 is 5.97 Å². The molecule has 8 heteroatoms. The van der Waals surface area contributed by atoms with Crippen molar-refractivity contribution < 1.29 is 18.3 Å². The molecule has 0 atom stereocenters. The van der Waals surface area contributed by atoms with Crippen molar-refractivity contribution in [3.05, 3.63) is 11.0 Å². The highest BCUT2D eigenvalue weighted by atomic mass is 32.2. The van der Waals surface area contributed by atoms with Crippen molar-refractivity contribution in [3.8, 4) is 0 Å². The van der Waals surface area contributed by atoms with Crippen LogP contribution in [0, 0.1) is 0 Å². The Hall–Kier alpha value is -0.570. The SMILES string of the molecule is CS(=O)(=O)NN1CC=C(C(=O)O)S1. The van der Waals surface area contributed by atoms with Gasteiger partial charge in [0.05, 0.1) is 6.26 Å². The molecular weight excluding hydrogens is 216 g/mol. The number of hydrogen-bond acceptors (Lipinski definition) is 5. The third-order valence-corrected chi connectivity index (χ3v) is 2.80. The summed E-state index contributed by atoms with van der Waals surface area (Å²) in [5, 5.41) is 8.54. The molecule has 0 amide bonds. The van der Waals surface area contributed by atoms with Crippen LogP contribution in [0.15, 0.2) is 11.0 Å². The summed E-state index contributed by atoms with van der Waals surface area (Å²) in [4.78, 5) is 12.7. The number of rotatable bonds is 3. The summed E-state index contributed by atoms with van der Waals surface area (Å²) < 4.78 is 22.7. The van der Waals surface area contributed by atoms with Crippen molar-refractivity contribution in [1.82, 2.24) is 9.25 Å². The molecule has 1 rings (SSSR count). The molecule has 74 valence electrons. The first-order valence-electron chi connectivity index (χ1n) is 3.25. The average Bonchev–Trinajstić information content (AvgIpc) is 2.31. The van der Waals surface area contributed by atoms with E-state index in [9.17, 15) is 13.2 Å². The number of carbonyl (C=O) groups is 1. The van der Waals surface area contributed by atoms with Gasteiger partial charge in [0.15, 0.2) is 0 Å². The van der Waals surface area contributed by atoms with E-state index in [0.717, 1.165) is 18.2 Å². The van der Waals surface area contributed by atoms with E-state index in [-0.39, 0.29) is 11.4 Å². The number of aliphatic carboxylic acids is 1. The van der Waals surface area contributed by atoms with Gasteiger partial charge < -0.3 is 5.11 Å². The fourth-order valence-electron chi connectivity index (χ4n) is 0.726. The van der Waals surface area contributed by atoms with Crippen molar-refractivity contribution in [2.24, 2.45) is 0 Å². The summed E-state index contributed by atoms with van der Waals surface area (Å²) in [6.07, 6.45) is 2.44. The molecule has 0 bridgehead atoms. The molecule has 0 unspecified atom stereocenters. The average molecular weight is 224 g/mol. The van der Waals surface area contributed by atoms with Crippen LogP contribution in [0.5, 0.6) is 0 Å². The van der Waals surface area contributed by atoms with Crippen LogP contribution in [0.2, 0.25) is 0 Å². The Balaban J connectivity index is 2.52. The number of carboxylic acid groups (broad SMARTS) is 1. The molecule has 6 nitrogen and oxygen atoms in total. The molecule has 2 N–H and O–H groups in total. The van der Waals surface area contributed by atoms with Crippen LogP contribution in [-0.4, -0.2) is 36.7 Å². The molecule has 0 aromatic rings.